The summed E-state index contributed by atoms with van der Waals surface area (Å²) < 4.78 is 1.64. The lowest BCUT2D eigenvalue weighted by molar-refractivity contribution is 0.672. The van der Waals surface area contributed by atoms with Crippen molar-refractivity contribution >= 4 is 34.2 Å². The topological polar surface area (TPSA) is 75.6 Å². The number of benzene rings is 2. The zero-order valence-electron chi connectivity index (χ0n) is 13.1. The van der Waals surface area contributed by atoms with Crippen LogP contribution in [-0.2, 0) is 6.54 Å². The van der Waals surface area contributed by atoms with Crippen LogP contribution >= 0.6 is 11.8 Å². The highest BCUT2D eigenvalue weighted by molar-refractivity contribution is 7.99. The van der Waals surface area contributed by atoms with Gasteiger partial charge < -0.3 is 5.32 Å². The minimum Gasteiger partial charge on any atom is -0.337 e. The number of anilines is 2. The second kappa shape index (κ2) is 5.49. The van der Waals surface area contributed by atoms with E-state index in [0.717, 1.165) is 32.5 Å². The molecule has 2 aromatic carbocycles. The fourth-order valence-electron chi connectivity index (χ4n) is 2.98. The molecule has 0 saturated carbocycles. The molecule has 3 heterocycles. The summed E-state index contributed by atoms with van der Waals surface area (Å²) in [5.41, 5.74) is 2.86. The lowest BCUT2D eigenvalue weighted by atomic mass is 10.2. The van der Waals surface area contributed by atoms with Crippen LogP contribution in [0.15, 0.2) is 69.6 Å². The summed E-state index contributed by atoms with van der Waals surface area (Å²) in [6.07, 6.45) is 3.36. The molecule has 25 heavy (non-hydrogen) atoms. The van der Waals surface area contributed by atoms with Gasteiger partial charge in [0.2, 0.25) is 0 Å². The summed E-state index contributed by atoms with van der Waals surface area (Å²) in [6.45, 7) is 0.487. The summed E-state index contributed by atoms with van der Waals surface area (Å²) in [6, 6.07) is 13.7. The van der Waals surface area contributed by atoms with Crippen molar-refractivity contribution in [2.75, 3.05) is 5.32 Å². The van der Waals surface area contributed by atoms with Crippen molar-refractivity contribution in [3.63, 3.8) is 0 Å². The number of H-pyrrole nitrogens is 1. The van der Waals surface area contributed by atoms with Crippen LogP contribution in [0.5, 0.6) is 0 Å². The largest absolute Gasteiger partial charge is 0.337 e. The van der Waals surface area contributed by atoms with Crippen molar-refractivity contribution < 1.29 is 0 Å². The van der Waals surface area contributed by atoms with Gasteiger partial charge in [-0.3, -0.25) is 9.89 Å². The van der Waals surface area contributed by atoms with E-state index in [9.17, 15) is 4.79 Å². The molecule has 6 nitrogen and oxygen atoms in total. The van der Waals surface area contributed by atoms with E-state index in [-0.39, 0.29) is 5.56 Å². The Morgan fingerprint density at radius 2 is 1.96 bits per heavy atom. The second-order valence-corrected chi connectivity index (χ2v) is 6.85. The molecule has 0 radical (unpaired) electrons. The van der Waals surface area contributed by atoms with Crippen LogP contribution in [0.1, 0.15) is 5.56 Å². The quantitative estimate of drug-likeness (QED) is 0.512. The van der Waals surface area contributed by atoms with Crippen LogP contribution < -0.4 is 10.9 Å². The fourth-order valence-corrected chi connectivity index (χ4v) is 3.86. The van der Waals surface area contributed by atoms with Gasteiger partial charge in [0.05, 0.1) is 23.1 Å². The third-order valence-corrected chi connectivity index (χ3v) is 5.24. The Hall–Kier alpha value is -3.06. The van der Waals surface area contributed by atoms with Gasteiger partial charge in [-0.2, -0.15) is 0 Å². The Kier molecular flexibility index (Phi) is 3.14. The molecular formula is C18H13N5OS. The molecule has 0 atom stereocenters. The maximum absolute atomic E-state index is 12.5. The molecule has 5 rings (SSSR count). The van der Waals surface area contributed by atoms with Crippen molar-refractivity contribution in [2.24, 2.45) is 0 Å². The minimum absolute atomic E-state index is 0.00753. The number of nitrogens with one attached hydrogen (secondary N) is 2. The first kappa shape index (κ1) is 14.3. The first-order chi connectivity index (χ1) is 12.3. The van der Waals surface area contributed by atoms with E-state index in [4.69, 9.17) is 0 Å². The summed E-state index contributed by atoms with van der Waals surface area (Å²) in [7, 11) is 0. The average Bonchev–Trinajstić information content (AvgIpc) is 2.96. The van der Waals surface area contributed by atoms with Gasteiger partial charge in [0.1, 0.15) is 5.03 Å². The standard InChI is InChI=1S/C18H13N5OS/c24-18-12-3-1-2-4-13(12)22-23(18)10-11-5-6-15-14(9-11)21-16-17(25-15)20-8-7-19-16/h1-9,22H,10H2,(H,19,21). The smallest absolute Gasteiger partial charge is 0.274 e. The Balaban J connectivity index is 1.50. The lowest BCUT2D eigenvalue weighted by Gasteiger charge is -2.19. The van der Waals surface area contributed by atoms with E-state index in [1.165, 1.54) is 0 Å². The summed E-state index contributed by atoms with van der Waals surface area (Å²) in [5.74, 6) is 0.764. The fraction of sp³-hybridized carbons (Fsp3) is 0.0556. The molecule has 0 unspecified atom stereocenters. The third-order valence-electron chi connectivity index (χ3n) is 4.17. The molecule has 4 aromatic rings. The summed E-state index contributed by atoms with van der Waals surface area (Å²) in [5, 5.41) is 8.06. The highest BCUT2D eigenvalue weighted by atomic mass is 32.2. The molecule has 0 saturated heterocycles. The van der Waals surface area contributed by atoms with E-state index in [1.54, 1.807) is 28.8 Å². The molecule has 0 fully saturated rings. The maximum atomic E-state index is 12.5. The van der Waals surface area contributed by atoms with Gasteiger partial charge in [-0.25, -0.2) is 14.6 Å². The van der Waals surface area contributed by atoms with E-state index >= 15 is 0 Å². The number of nitrogens with zero attached hydrogens (tertiary/aromatic N) is 3. The number of para-hydroxylation sites is 1. The van der Waals surface area contributed by atoms with Crippen molar-refractivity contribution in [3.8, 4) is 0 Å². The Bertz CT molecular complexity index is 1160. The van der Waals surface area contributed by atoms with Gasteiger partial charge in [-0.15, -0.1) is 0 Å². The van der Waals surface area contributed by atoms with E-state index in [0.29, 0.717) is 11.9 Å². The number of aromatic amines is 1. The van der Waals surface area contributed by atoms with E-state index in [2.05, 4.69) is 26.4 Å². The molecule has 2 aromatic heterocycles. The third kappa shape index (κ3) is 2.40. The highest BCUT2D eigenvalue weighted by Gasteiger charge is 2.18. The van der Waals surface area contributed by atoms with Gasteiger partial charge in [0, 0.05) is 17.3 Å². The molecule has 1 aliphatic rings. The molecule has 1 aliphatic heterocycles. The zero-order valence-corrected chi connectivity index (χ0v) is 13.9. The SMILES string of the molecule is O=c1c2ccccc2[nH]n1Cc1ccc2c(c1)Nc1nccnc1S2. The first-order valence-electron chi connectivity index (χ1n) is 7.84. The summed E-state index contributed by atoms with van der Waals surface area (Å²) >= 11 is 1.59. The number of fused-ring (bicyclic) bond motifs is 3. The molecule has 0 aliphatic carbocycles. The predicted molar refractivity (Wildman–Crippen MR) is 97.5 cm³/mol. The molecular weight excluding hydrogens is 334 g/mol. The monoisotopic (exact) mass is 347 g/mol. The van der Waals surface area contributed by atoms with E-state index < -0.39 is 0 Å². The molecule has 0 amide bonds. The Morgan fingerprint density at radius 1 is 1.08 bits per heavy atom. The highest BCUT2D eigenvalue weighted by Crippen LogP contribution is 2.41. The lowest BCUT2D eigenvalue weighted by Crippen LogP contribution is -2.17. The molecule has 122 valence electrons. The zero-order chi connectivity index (χ0) is 16.8. The van der Waals surface area contributed by atoms with Crippen LogP contribution in [0, 0.1) is 0 Å². The molecule has 7 heteroatoms. The van der Waals surface area contributed by atoms with E-state index in [1.807, 2.05) is 36.4 Å². The first-order valence-corrected chi connectivity index (χ1v) is 8.66. The Labute approximate surface area is 146 Å². The maximum Gasteiger partial charge on any atom is 0.274 e. The number of aromatic nitrogens is 4. The van der Waals surface area contributed by atoms with Gasteiger partial charge in [-0.1, -0.05) is 30.0 Å². The van der Waals surface area contributed by atoms with Crippen LogP contribution in [0.3, 0.4) is 0 Å². The van der Waals surface area contributed by atoms with Gasteiger partial charge >= 0.3 is 0 Å². The van der Waals surface area contributed by atoms with Gasteiger partial charge in [0.25, 0.3) is 5.56 Å². The van der Waals surface area contributed by atoms with Crippen molar-refractivity contribution in [1.82, 2.24) is 19.7 Å². The Morgan fingerprint density at radius 3 is 2.88 bits per heavy atom. The summed E-state index contributed by atoms with van der Waals surface area (Å²) in [4.78, 5) is 22.2. The van der Waals surface area contributed by atoms with Crippen LogP contribution in [-0.4, -0.2) is 19.7 Å². The molecule has 2 N–H and O–H groups in total. The van der Waals surface area contributed by atoms with Crippen molar-refractivity contribution in [3.05, 3.63) is 70.8 Å². The minimum atomic E-state index is -0.00753. The van der Waals surface area contributed by atoms with Crippen LogP contribution in [0.4, 0.5) is 11.5 Å². The van der Waals surface area contributed by atoms with Crippen molar-refractivity contribution in [2.45, 2.75) is 16.5 Å². The number of hydrogen-bond donors (Lipinski definition) is 2. The van der Waals surface area contributed by atoms with Crippen molar-refractivity contribution in [1.29, 1.82) is 0 Å². The average molecular weight is 347 g/mol. The molecule has 0 bridgehead atoms. The normalized spacial score (nSPS) is 12.5. The van der Waals surface area contributed by atoms with Gasteiger partial charge in [0.15, 0.2) is 5.82 Å². The van der Waals surface area contributed by atoms with Crippen LogP contribution in [0.2, 0.25) is 0 Å². The molecule has 0 spiro atoms. The predicted octanol–water partition coefficient (Wildman–Crippen LogP) is 3.38. The van der Waals surface area contributed by atoms with Crippen LogP contribution in [0.25, 0.3) is 10.9 Å². The second-order valence-electron chi connectivity index (χ2n) is 5.82. The van der Waals surface area contributed by atoms with Gasteiger partial charge in [-0.05, 0) is 29.8 Å². The number of hydrogen-bond acceptors (Lipinski definition) is 5. The number of rotatable bonds is 2.